The van der Waals surface area contributed by atoms with Crippen LogP contribution < -0.4 is 5.73 Å². The van der Waals surface area contributed by atoms with Crippen LogP contribution >= 0.6 is 39.1 Å². The van der Waals surface area contributed by atoms with E-state index in [1.807, 2.05) is 35.8 Å². The summed E-state index contributed by atoms with van der Waals surface area (Å²) < 4.78 is 2.72. The Balaban J connectivity index is 2.38. The van der Waals surface area contributed by atoms with Gasteiger partial charge in [-0.15, -0.1) is 0 Å². The molecule has 1 aromatic heterocycles. The van der Waals surface area contributed by atoms with Crippen LogP contribution in [0.3, 0.4) is 0 Å². The van der Waals surface area contributed by atoms with Crippen molar-refractivity contribution in [3.05, 3.63) is 50.4 Å². The molecule has 0 fully saturated rings. The molecule has 0 spiro atoms. The number of imidazole rings is 1. The first kappa shape index (κ1) is 13.7. The van der Waals surface area contributed by atoms with Crippen molar-refractivity contribution in [3.63, 3.8) is 0 Å². The second-order valence-corrected chi connectivity index (χ2v) is 6.13. The number of benzene rings is 2. The van der Waals surface area contributed by atoms with Gasteiger partial charge in [-0.3, -0.25) is 4.57 Å². The summed E-state index contributed by atoms with van der Waals surface area (Å²) >= 11 is 15.9. The molecule has 0 saturated carbocycles. The minimum Gasteiger partial charge on any atom is -0.369 e. The SMILES string of the molecule is Cc1cc(Br)c(-n2c(N)nc3c(Cl)cccc32)cc1Cl. The Morgan fingerprint density at radius 2 is 1.95 bits per heavy atom. The zero-order chi connectivity index (χ0) is 14.4. The number of aryl methyl sites for hydroxylation is 1. The van der Waals surface area contributed by atoms with Crippen molar-refractivity contribution in [2.45, 2.75) is 6.92 Å². The fourth-order valence-electron chi connectivity index (χ4n) is 2.14. The first-order chi connectivity index (χ1) is 9.49. The summed E-state index contributed by atoms with van der Waals surface area (Å²) in [5.41, 5.74) is 9.39. The molecule has 0 saturated heterocycles. The zero-order valence-corrected chi connectivity index (χ0v) is 13.6. The van der Waals surface area contributed by atoms with Gasteiger partial charge in [-0.05, 0) is 52.7 Å². The van der Waals surface area contributed by atoms with Crippen molar-refractivity contribution >= 4 is 56.1 Å². The standard InChI is InChI=1S/C14H10BrCl2N3/c1-7-5-8(15)12(6-10(7)17)20-11-4-2-3-9(16)13(11)19-14(20)18/h2-6H,1H3,(H2,18,19). The lowest BCUT2D eigenvalue weighted by molar-refractivity contribution is 1.10. The van der Waals surface area contributed by atoms with E-state index in [1.54, 1.807) is 6.07 Å². The van der Waals surface area contributed by atoms with Gasteiger partial charge in [-0.25, -0.2) is 4.98 Å². The van der Waals surface area contributed by atoms with Crippen molar-refractivity contribution < 1.29 is 0 Å². The molecule has 3 nitrogen and oxygen atoms in total. The molecule has 2 aromatic carbocycles. The van der Waals surface area contributed by atoms with E-state index in [9.17, 15) is 0 Å². The number of hydrogen-bond donors (Lipinski definition) is 1. The quantitative estimate of drug-likeness (QED) is 0.656. The highest BCUT2D eigenvalue weighted by Gasteiger charge is 2.15. The van der Waals surface area contributed by atoms with Gasteiger partial charge in [-0.2, -0.15) is 0 Å². The van der Waals surface area contributed by atoms with Crippen LogP contribution in [0.5, 0.6) is 0 Å². The minimum absolute atomic E-state index is 0.369. The lowest BCUT2D eigenvalue weighted by Gasteiger charge is -2.11. The van der Waals surface area contributed by atoms with E-state index in [1.165, 1.54) is 0 Å². The van der Waals surface area contributed by atoms with Crippen LogP contribution in [-0.2, 0) is 0 Å². The minimum atomic E-state index is 0.369. The average Bonchev–Trinajstić information content (AvgIpc) is 2.72. The van der Waals surface area contributed by atoms with E-state index in [-0.39, 0.29) is 0 Å². The van der Waals surface area contributed by atoms with Gasteiger partial charge in [0.15, 0.2) is 0 Å². The summed E-state index contributed by atoms with van der Waals surface area (Å²) in [6, 6.07) is 9.39. The van der Waals surface area contributed by atoms with Crippen LogP contribution in [0, 0.1) is 6.92 Å². The Morgan fingerprint density at radius 3 is 2.70 bits per heavy atom. The number of aromatic nitrogens is 2. The Hall–Kier alpha value is -1.23. The summed E-state index contributed by atoms with van der Waals surface area (Å²) in [6.07, 6.45) is 0. The summed E-state index contributed by atoms with van der Waals surface area (Å²) in [7, 11) is 0. The van der Waals surface area contributed by atoms with E-state index in [0.717, 1.165) is 21.2 Å². The van der Waals surface area contributed by atoms with Crippen molar-refractivity contribution in [2.24, 2.45) is 0 Å². The highest BCUT2D eigenvalue weighted by atomic mass is 79.9. The number of nitrogen functional groups attached to an aromatic ring is 1. The second kappa shape index (κ2) is 4.95. The van der Waals surface area contributed by atoms with Crippen molar-refractivity contribution in [3.8, 4) is 5.69 Å². The van der Waals surface area contributed by atoms with Gasteiger partial charge in [-0.1, -0.05) is 29.3 Å². The van der Waals surface area contributed by atoms with Gasteiger partial charge in [0.25, 0.3) is 0 Å². The maximum absolute atomic E-state index is 6.22. The molecular weight excluding hydrogens is 361 g/mol. The molecule has 0 aliphatic carbocycles. The Labute approximate surface area is 134 Å². The molecule has 20 heavy (non-hydrogen) atoms. The monoisotopic (exact) mass is 369 g/mol. The fourth-order valence-corrected chi connectivity index (χ4v) is 3.15. The van der Waals surface area contributed by atoms with Gasteiger partial charge >= 0.3 is 0 Å². The molecule has 6 heteroatoms. The topological polar surface area (TPSA) is 43.8 Å². The summed E-state index contributed by atoms with van der Waals surface area (Å²) in [5.74, 6) is 0.369. The van der Waals surface area contributed by atoms with Crippen LogP contribution in [0.1, 0.15) is 5.56 Å². The van der Waals surface area contributed by atoms with Crippen molar-refractivity contribution in [1.82, 2.24) is 9.55 Å². The molecule has 0 atom stereocenters. The number of halogens is 3. The van der Waals surface area contributed by atoms with E-state index in [0.29, 0.717) is 21.5 Å². The summed E-state index contributed by atoms with van der Waals surface area (Å²) in [4.78, 5) is 4.33. The molecule has 0 aliphatic rings. The first-order valence-electron chi connectivity index (χ1n) is 5.87. The molecule has 3 rings (SSSR count). The zero-order valence-electron chi connectivity index (χ0n) is 10.5. The molecule has 0 aliphatic heterocycles. The van der Waals surface area contributed by atoms with Crippen LogP contribution in [0.15, 0.2) is 34.8 Å². The number of anilines is 1. The molecule has 0 amide bonds. The molecule has 1 heterocycles. The van der Waals surface area contributed by atoms with Crippen LogP contribution in [0.2, 0.25) is 10.0 Å². The number of rotatable bonds is 1. The normalized spacial score (nSPS) is 11.2. The molecule has 2 N–H and O–H groups in total. The Morgan fingerprint density at radius 1 is 1.20 bits per heavy atom. The van der Waals surface area contributed by atoms with Crippen molar-refractivity contribution in [2.75, 3.05) is 5.73 Å². The third-order valence-electron chi connectivity index (χ3n) is 3.13. The smallest absolute Gasteiger partial charge is 0.206 e. The van der Waals surface area contributed by atoms with E-state index < -0.39 is 0 Å². The van der Waals surface area contributed by atoms with Gasteiger partial charge in [0, 0.05) is 9.50 Å². The third kappa shape index (κ3) is 2.08. The molecule has 102 valence electrons. The molecule has 3 aromatic rings. The number of para-hydroxylation sites is 1. The van der Waals surface area contributed by atoms with Gasteiger partial charge in [0.05, 0.1) is 16.2 Å². The number of fused-ring (bicyclic) bond motifs is 1. The fraction of sp³-hybridized carbons (Fsp3) is 0.0714. The lowest BCUT2D eigenvalue weighted by Crippen LogP contribution is -2.01. The molecular formula is C14H10BrCl2N3. The lowest BCUT2D eigenvalue weighted by atomic mass is 10.2. The maximum Gasteiger partial charge on any atom is 0.206 e. The van der Waals surface area contributed by atoms with Gasteiger partial charge < -0.3 is 5.73 Å². The average molecular weight is 371 g/mol. The van der Waals surface area contributed by atoms with E-state index >= 15 is 0 Å². The Bertz CT molecular complexity index is 827. The molecule has 0 bridgehead atoms. The Kier molecular flexibility index (Phi) is 3.40. The predicted molar refractivity (Wildman–Crippen MR) is 87.9 cm³/mol. The molecule has 0 radical (unpaired) electrons. The van der Waals surface area contributed by atoms with Crippen LogP contribution in [0.4, 0.5) is 5.95 Å². The van der Waals surface area contributed by atoms with Crippen molar-refractivity contribution in [1.29, 1.82) is 0 Å². The number of hydrogen-bond acceptors (Lipinski definition) is 2. The summed E-state index contributed by atoms with van der Waals surface area (Å²) in [5, 5.41) is 1.24. The predicted octanol–water partition coefficient (Wildman–Crippen LogP) is 4.99. The number of nitrogens with two attached hydrogens (primary N) is 1. The number of nitrogens with zero attached hydrogens (tertiary/aromatic N) is 2. The third-order valence-corrected chi connectivity index (χ3v) is 4.48. The first-order valence-corrected chi connectivity index (χ1v) is 7.42. The van der Waals surface area contributed by atoms with E-state index in [2.05, 4.69) is 20.9 Å². The van der Waals surface area contributed by atoms with Gasteiger partial charge in [0.2, 0.25) is 5.95 Å². The summed E-state index contributed by atoms with van der Waals surface area (Å²) in [6.45, 7) is 1.95. The van der Waals surface area contributed by atoms with Crippen LogP contribution in [0.25, 0.3) is 16.7 Å². The largest absolute Gasteiger partial charge is 0.369 e. The van der Waals surface area contributed by atoms with E-state index in [4.69, 9.17) is 28.9 Å². The second-order valence-electron chi connectivity index (χ2n) is 4.47. The highest BCUT2D eigenvalue weighted by molar-refractivity contribution is 9.10. The molecule has 0 unspecified atom stereocenters. The van der Waals surface area contributed by atoms with Crippen LogP contribution in [-0.4, -0.2) is 9.55 Å². The highest BCUT2D eigenvalue weighted by Crippen LogP contribution is 2.33. The van der Waals surface area contributed by atoms with Gasteiger partial charge in [0.1, 0.15) is 5.52 Å². The maximum atomic E-state index is 6.22.